The van der Waals surface area contributed by atoms with Crippen LogP contribution in [0.2, 0.25) is 0 Å². The van der Waals surface area contributed by atoms with Crippen molar-refractivity contribution < 1.29 is 4.74 Å². The van der Waals surface area contributed by atoms with Gasteiger partial charge in [-0.2, -0.15) is 0 Å². The standard InChI is InChI=1S/C15H18BrNOS/c1-4-17-15(14-8-5-10(2)19-14)12-9-11(16)6-7-13(12)18-3/h5-9,15,17H,4H2,1-3H3. The average Bonchev–Trinajstić information content (AvgIpc) is 2.82. The summed E-state index contributed by atoms with van der Waals surface area (Å²) in [6, 6.07) is 10.7. The molecule has 1 N–H and O–H groups in total. The molecule has 0 saturated heterocycles. The summed E-state index contributed by atoms with van der Waals surface area (Å²) in [4.78, 5) is 2.64. The lowest BCUT2D eigenvalue weighted by atomic mass is 10.0. The maximum absolute atomic E-state index is 5.50. The molecule has 0 aliphatic rings. The Balaban J connectivity index is 2.46. The minimum absolute atomic E-state index is 0.177. The number of hydrogen-bond acceptors (Lipinski definition) is 3. The summed E-state index contributed by atoms with van der Waals surface area (Å²) in [5, 5.41) is 3.54. The van der Waals surface area contributed by atoms with Gasteiger partial charge in [0.15, 0.2) is 0 Å². The van der Waals surface area contributed by atoms with Crippen LogP contribution in [0.4, 0.5) is 0 Å². The maximum atomic E-state index is 5.50. The highest BCUT2D eigenvalue weighted by atomic mass is 79.9. The molecule has 0 radical (unpaired) electrons. The fraction of sp³-hybridized carbons (Fsp3) is 0.333. The summed E-state index contributed by atoms with van der Waals surface area (Å²) in [5.41, 5.74) is 1.17. The van der Waals surface area contributed by atoms with Crippen molar-refractivity contribution >= 4 is 27.3 Å². The van der Waals surface area contributed by atoms with Gasteiger partial charge in [0.25, 0.3) is 0 Å². The van der Waals surface area contributed by atoms with Crippen molar-refractivity contribution in [2.45, 2.75) is 19.9 Å². The van der Waals surface area contributed by atoms with Gasteiger partial charge >= 0.3 is 0 Å². The fourth-order valence-electron chi connectivity index (χ4n) is 2.11. The van der Waals surface area contributed by atoms with Crippen molar-refractivity contribution in [1.82, 2.24) is 5.32 Å². The van der Waals surface area contributed by atoms with E-state index in [0.29, 0.717) is 0 Å². The lowest BCUT2D eigenvalue weighted by Gasteiger charge is -2.20. The topological polar surface area (TPSA) is 21.3 Å². The van der Waals surface area contributed by atoms with Crippen molar-refractivity contribution in [1.29, 1.82) is 0 Å². The van der Waals surface area contributed by atoms with Crippen LogP contribution >= 0.6 is 27.3 Å². The Morgan fingerprint density at radius 3 is 2.68 bits per heavy atom. The molecule has 0 bridgehead atoms. The summed E-state index contributed by atoms with van der Waals surface area (Å²) in [5.74, 6) is 0.917. The quantitative estimate of drug-likeness (QED) is 0.864. The number of nitrogens with one attached hydrogen (secondary N) is 1. The van der Waals surface area contributed by atoms with Crippen LogP contribution in [0.15, 0.2) is 34.8 Å². The monoisotopic (exact) mass is 339 g/mol. The Morgan fingerprint density at radius 2 is 2.11 bits per heavy atom. The first-order chi connectivity index (χ1) is 9.15. The highest BCUT2D eigenvalue weighted by Crippen LogP contribution is 2.35. The SMILES string of the molecule is CCNC(c1ccc(C)s1)c1cc(Br)ccc1OC. The van der Waals surface area contributed by atoms with Crippen molar-refractivity contribution in [3.63, 3.8) is 0 Å². The molecule has 0 aliphatic carbocycles. The van der Waals surface area contributed by atoms with E-state index < -0.39 is 0 Å². The van der Waals surface area contributed by atoms with Gasteiger partial charge in [0.05, 0.1) is 13.2 Å². The molecule has 2 nitrogen and oxygen atoms in total. The van der Waals surface area contributed by atoms with Crippen LogP contribution in [0.1, 0.15) is 28.3 Å². The number of halogens is 1. The van der Waals surface area contributed by atoms with Gasteiger partial charge in [0.1, 0.15) is 5.75 Å². The van der Waals surface area contributed by atoms with E-state index in [1.54, 1.807) is 7.11 Å². The second-order valence-electron chi connectivity index (χ2n) is 4.33. The molecule has 0 fully saturated rings. The molecule has 0 saturated carbocycles. The first-order valence-electron chi connectivity index (χ1n) is 6.29. The van der Waals surface area contributed by atoms with Gasteiger partial charge in [-0.3, -0.25) is 0 Å². The third-order valence-corrected chi connectivity index (χ3v) is 4.52. The van der Waals surface area contributed by atoms with Gasteiger partial charge in [0.2, 0.25) is 0 Å². The Hall–Kier alpha value is -0.840. The van der Waals surface area contributed by atoms with E-state index in [2.05, 4.69) is 53.3 Å². The second kappa shape index (κ2) is 6.55. The fourth-order valence-corrected chi connectivity index (χ4v) is 3.46. The largest absolute Gasteiger partial charge is 0.496 e. The summed E-state index contributed by atoms with van der Waals surface area (Å²) in [6.07, 6.45) is 0. The lowest BCUT2D eigenvalue weighted by Crippen LogP contribution is -2.21. The molecule has 1 aromatic carbocycles. The first-order valence-corrected chi connectivity index (χ1v) is 7.89. The number of benzene rings is 1. The Bertz CT molecular complexity index is 553. The first kappa shape index (κ1) is 14.6. The van der Waals surface area contributed by atoms with Gasteiger partial charge in [-0.15, -0.1) is 11.3 Å². The molecule has 0 spiro atoms. The van der Waals surface area contributed by atoms with E-state index >= 15 is 0 Å². The predicted molar refractivity (Wildman–Crippen MR) is 85.3 cm³/mol. The zero-order valence-corrected chi connectivity index (χ0v) is 13.8. The van der Waals surface area contributed by atoms with Gasteiger partial charge < -0.3 is 10.1 Å². The van der Waals surface area contributed by atoms with Gasteiger partial charge in [0, 0.05) is 19.8 Å². The minimum atomic E-state index is 0.177. The summed E-state index contributed by atoms with van der Waals surface area (Å²) in [7, 11) is 1.72. The van der Waals surface area contributed by atoms with E-state index in [1.807, 2.05) is 23.5 Å². The smallest absolute Gasteiger partial charge is 0.124 e. The van der Waals surface area contributed by atoms with Crippen molar-refractivity contribution in [2.75, 3.05) is 13.7 Å². The number of hydrogen-bond donors (Lipinski definition) is 1. The van der Waals surface area contributed by atoms with Crippen LogP contribution in [0.3, 0.4) is 0 Å². The number of ether oxygens (including phenoxy) is 1. The van der Waals surface area contributed by atoms with Crippen LogP contribution < -0.4 is 10.1 Å². The number of rotatable bonds is 5. The third-order valence-electron chi connectivity index (χ3n) is 2.96. The average molecular weight is 340 g/mol. The molecule has 0 aliphatic heterocycles. The molecule has 0 amide bonds. The highest BCUT2D eigenvalue weighted by Gasteiger charge is 2.19. The predicted octanol–water partition coefficient (Wildman–Crippen LogP) is 4.53. The minimum Gasteiger partial charge on any atom is -0.496 e. The third kappa shape index (κ3) is 3.38. The molecular weight excluding hydrogens is 322 g/mol. The summed E-state index contributed by atoms with van der Waals surface area (Å²) >= 11 is 5.37. The van der Waals surface area contributed by atoms with Gasteiger partial charge in [-0.1, -0.05) is 22.9 Å². The molecule has 1 aromatic heterocycles. The molecule has 4 heteroatoms. The molecule has 19 heavy (non-hydrogen) atoms. The van der Waals surface area contributed by atoms with E-state index in [4.69, 9.17) is 4.74 Å². The second-order valence-corrected chi connectivity index (χ2v) is 6.56. The molecular formula is C15H18BrNOS. The van der Waals surface area contributed by atoms with Crippen LogP contribution in [0.25, 0.3) is 0 Å². The molecule has 1 unspecified atom stereocenters. The Labute approximate surface area is 126 Å². The zero-order valence-electron chi connectivity index (χ0n) is 11.4. The van der Waals surface area contributed by atoms with Gasteiger partial charge in [-0.25, -0.2) is 0 Å². The van der Waals surface area contributed by atoms with E-state index in [-0.39, 0.29) is 6.04 Å². The van der Waals surface area contributed by atoms with Gasteiger partial charge in [-0.05, 0) is 43.8 Å². The summed E-state index contributed by atoms with van der Waals surface area (Å²) < 4.78 is 6.57. The number of thiophene rings is 1. The number of aryl methyl sites for hydroxylation is 1. The number of methoxy groups -OCH3 is 1. The summed E-state index contributed by atoms with van der Waals surface area (Å²) in [6.45, 7) is 5.17. The Morgan fingerprint density at radius 1 is 1.32 bits per heavy atom. The van der Waals surface area contributed by atoms with E-state index in [9.17, 15) is 0 Å². The van der Waals surface area contributed by atoms with Crippen molar-refractivity contribution in [3.05, 3.63) is 50.1 Å². The molecule has 1 atom stereocenters. The normalized spacial score (nSPS) is 12.4. The molecule has 2 rings (SSSR count). The van der Waals surface area contributed by atoms with E-state index in [1.165, 1.54) is 15.3 Å². The zero-order chi connectivity index (χ0) is 13.8. The Kier molecular flexibility index (Phi) is 5.02. The van der Waals surface area contributed by atoms with Crippen LogP contribution in [0, 0.1) is 6.92 Å². The maximum Gasteiger partial charge on any atom is 0.124 e. The van der Waals surface area contributed by atoms with Crippen LogP contribution in [-0.4, -0.2) is 13.7 Å². The van der Waals surface area contributed by atoms with E-state index in [0.717, 1.165) is 16.8 Å². The van der Waals surface area contributed by atoms with Crippen LogP contribution in [0.5, 0.6) is 5.75 Å². The molecule has 2 aromatic rings. The van der Waals surface area contributed by atoms with Crippen molar-refractivity contribution in [2.24, 2.45) is 0 Å². The van der Waals surface area contributed by atoms with Crippen LogP contribution in [-0.2, 0) is 0 Å². The highest BCUT2D eigenvalue weighted by molar-refractivity contribution is 9.10. The van der Waals surface area contributed by atoms with Crippen molar-refractivity contribution in [3.8, 4) is 5.75 Å². The lowest BCUT2D eigenvalue weighted by molar-refractivity contribution is 0.404. The molecule has 1 heterocycles. The molecule has 102 valence electrons.